The van der Waals surface area contributed by atoms with Crippen LogP contribution in [0.25, 0.3) is 11.5 Å². The first kappa shape index (κ1) is 14.6. The van der Waals surface area contributed by atoms with Crippen LogP contribution in [0.5, 0.6) is 0 Å². The van der Waals surface area contributed by atoms with E-state index in [-0.39, 0.29) is 11.8 Å². The van der Waals surface area contributed by atoms with Gasteiger partial charge >= 0.3 is 0 Å². The number of aryl methyl sites for hydroxylation is 1. The normalized spacial score (nSPS) is 17.4. The average molecular weight is 324 g/mol. The minimum atomic E-state index is -0.0185. The highest BCUT2D eigenvalue weighted by atomic mass is 16.5. The molecule has 0 aliphatic carbocycles. The predicted octanol–water partition coefficient (Wildman–Crippen LogP) is 1.49. The Hall–Kier alpha value is -3.03. The molecule has 1 fully saturated rings. The number of aromatic nitrogens is 5. The van der Waals surface area contributed by atoms with E-state index < -0.39 is 0 Å². The van der Waals surface area contributed by atoms with Gasteiger partial charge < -0.3 is 9.42 Å². The van der Waals surface area contributed by atoms with E-state index in [4.69, 9.17) is 4.52 Å². The lowest BCUT2D eigenvalue weighted by Crippen LogP contribution is -2.28. The summed E-state index contributed by atoms with van der Waals surface area (Å²) in [5.74, 6) is 1.06. The highest BCUT2D eigenvalue weighted by Crippen LogP contribution is 2.28. The second-order valence-corrected chi connectivity index (χ2v) is 5.81. The molecule has 3 aromatic rings. The Morgan fingerprint density at radius 3 is 3.04 bits per heavy atom. The Kier molecular flexibility index (Phi) is 3.56. The van der Waals surface area contributed by atoms with Gasteiger partial charge in [-0.2, -0.15) is 10.1 Å². The standard InChI is InChI=1S/C16H16N6O2/c1-21-9-12(8-18-21)16(23)22-7-5-11(10-22)15-19-14(20-24-15)13-4-2-3-6-17-13/h2-4,6,8-9,11H,5,7,10H2,1H3. The Morgan fingerprint density at radius 1 is 1.38 bits per heavy atom. The largest absolute Gasteiger partial charge is 0.339 e. The Bertz CT molecular complexity index is 856. The fourth-order valence-corrected chi connectivity index (χ4v) is 2.86. The highest BCUT2D eigenvalue weighted by Gasteiger charge is 2.32. The van der Waals surface area contributed by atoms with Gasteiger partial charge in [-0.1, -0.05) is 11.2 Å². The topological polar surface area (TPSA) is 89.9 Å². The number of hydrogen-bond acceptors (Lipinski definition) is 6. The first-order chi connectivity index (χ1) is 11.7. The van der Waals surface area contributed by atoms with Crippen molar-refractivity contribution in [3.63, 3.8) is 0 Å². The summed E-state index contributed by atoms with van der Waals surface area (Å²) in [5, 5.41) is 8.04. The lowest BCUT2D eigenvalue weighted by atomic mass is 10.1. The molecule has 1 unspecified atom stereocenters. The molecule has 0 spiro atoms. The van der Waals surface area contributed by atoms with Crippen molar-refractivity contribution in [2.24, 2.45) is 7.05 Å². The van der Waals surface area contributed by atoms with Crippen molar-refractivity contribution in [2.75, 3.05) is 13.1 Å². The van der Waals surface area contributed by atoms with Gasteiger partial charge in [-0.05, 0) is 18.6 Å². The van der Waals surface area contributed by atoms with E-state index in [1.54, 1.807) is 35.2 Å². The number of pyridine rings is 1. The van der Waals surface area contributed by atoms with E-state index in [2.05, 4.69) is 20.2 Å². The maximum atomic E-state index is 12.5. The van der Waals surface area contributed by atoms with E-state index >= 15 is 0 Å². The maximum Gasteiger partial charge on any atom is 0.257 e. The van der Waals surface area contributed by atoms with Crippen molar-refractivity contribution in [1.82, 2.24) is 29.8 Å². The Labute approximate surface area is 138 Å². The van der Waals surface area contributed by atoms with Crippen molar-refractivity contribution in [3.05, 3.63) is 48.2 Å². The highest BCUT2D eigenvalue weighted by molar-refractivity contribution is 5.93. The second kappa shape index (κ2) is 5.88. The molecular weight excluding hydrogens is 308 g/mol. The van der Waals surface area contributed by atoms with Crippen molar-refractivity contribution < 1.29 is 9.32 Å². The van der Waals surface area contributed by atoms with Crippen LogP contribution in [0.4, 0.5) is 0 Å². The molecule has 3 aromatic heterocycles. The summed E-state index contributed by atoms with van der Waals surface area (Å²) >= 11 is 0. The van der Waals surface area contributed by atoms with Crippen molar-refractivity contribution >= 4 is 5.91 Å². The zero-order valence-corrected chi connectivity index (χ0v) is 13.2. The zero-order valence-electron chi connectivity index (χ0n) is 13.2. The van der Waals surface area contributed by atoms with E-state index in [1.807, 2.05) is 18.2 Å². The minimum absolute atomic E-state index is 0.0185. The summed E-state index contributed by atoms with van der Waals surface area (Å²) in [6.07, 6.45) is 5.80. The molecule has 1 atom stereocenters. The molecule has 4 rings (SSSR count). The SMILES string of the molecule is Cn1cc(C(=O)N2CCC(c3nc(-c4ccccn4)no3)C2)cn1. The van der Waals surface area contributed by atoms with Crippen LogP contribution in [-0.4, -0.2) is 48.8 Å². The predicted molar refractivity (Wildman–Crippen MR) is 84.0 cm³/mol. The molecule has 8 heteroatoms. The molecule has 24 heavy (non-hydrogen) atoms. The third-order valence-electron chi connectivity index (χ3n) is 4.11. The van der Waals surface area contributed by atoms with Crippen LogP contribution >= 0.6 is 0 Å². The number of nitrogens with zero attached hydrogens (tertiary/aromatic N) is 6. The lowest BCUT2D eigenvalue weighted by Gasteiger charge is -2.14. The molecule has 0 bridgehead atoms. The van der Waals surface area contributed by atoms with Crippen LogP contribution in [0.15, 0.2) is 41.3 Å². The summed E-state index contributed by atoms with van der Waals surface area (Å²) in [4.78, 5) is 22.9. The van der Waals surface area contributed by atoms with Crippen LogP contribution < -0.4 is 0 Å². The van der Waals surface area contributed by atoms with Crippen molar-refractivity contribution in [2.45, 2.75) is 12.3 Å². The first-order valence-electron chi connectivity index (χ1n) is 7.73. The van der Waals surface area contributed by atoms with Gasteiger partial charge in [-0.15, -0.1) is 0 Å². The van der Waals surface area contributed by atoms with E-state index in [0.717, 1.165) is 6.42 Å². The van der Waals surface area contributed by atoms with Gasteiger partial charge in [0.2, 0.25) is 11.7 Å². The fraction of sp³-hybridized carbons (Fsp3) is 0.312. The van der Waals surface area contributed by atoms with Gasteiger partial charge in [0.1, 0.15) is 5.69 Å². The fourth-order valence-electron chi connectivity index (χ4n) is 2.86. The van der Waals surface area contributed by atoms with Gasteiger partial charge in [0, 0.05) is 32.5 Å². The van der Waals surface area contributed by atoms with Gasteiger partial charge in [0.05, 0.1) is 17.7 Å². The summed E-state index contributed by atoms with van der Waals surface area (Å²) in [6.45, 7) is 1.23. The van der Waals surface area contributed by atoms with Crippen LogP contribution in [0.1, 0.15) is 28.6 Å². The Morgan fingerprint density at radius 2 is 2.29 bits per heavy atom. The smallest absolute Gasteiger partial charge is 0.257 e. The van der Waals surface area contributed by atoms with Gasteiger partial charge in [0.15, 0.2) is 0 Å². The molecular formula is C16H16N6O2. The van der Waals surface area contributed by atoms with Gasteiger partial charge in [0.25, 0.3) is 5.91 Å². The Balaban J connectivity index is 1.47. The van der Waals surface area contributed by atoms with Crippen LogP contribution in [0.3, 0.4) is 0 Å². The summed E-state index contributed by atoms with van der Waals surface area (Å²) in [5.41, 5.74) is 1.27. The molecule has 1 amide bonds. The molecule has 4 heterocycles. The van der Waals surface area contributed by atoms with Crippen LogP contribution in [-0.2, 0) is 7.05 Å². The summed E-state index contributed by atoms with van der Waals surface area (Å²) in [7, 11) is 1.79. The summed E-state index contributed by atoms with van der Waals surface area (Å²) < 4.78 is 7.01. The third kappa shape index (κ3) is 2.66. The van der Waals surface area contributed by atoms with Gasteiger partial charge in [-0.25, -0.2) is 0 Å². The maximum absolute atomic E-state index is 12.5. The quantitative estimate of drug-likeness (QED) is 0.725. The molecule has 1 aliphatic rings. The van der Waals surface area contributed by atoms with Crippen molar-refractivity contribution in [1.29, 1.82) is 0 Å². The third-order valence-corrected chi connectivity index (χ3v) is 4.11. The molecule has 1 aliphatic heterocycles. The van der Waals surface area contributed by atoms with E-state index in [9.17, 15) is 4.79 Å². The molecule has 0 saturated carbocycles. The van der Waals surface area contributed by atoms with E-state index in [0.29, 0.717) is 36.1 Å². The minimum Gasteiger partial charge on any atom is -0.339 e. The van der Waals surface area contributed by atoms with Gasteiger partial charge in [-0.3, -0.25) is 14.5 Å². The lowest BCUT2D eigenvalue weighted by molar-refractivity contribution is 0.0789. The molecule has 0 N–H and O–H groups in total. The second-order valence-electron chi connectivity index (χ2n) is 5.81. The number of hydrogen-bond donors (Lipinski definition) is 0. The number of likely N-dealkylation sites (tertiary alicyclic amines) is 1. The summed E-state index contributed by atoms with van der Waals surface area (Å²) in [6, 6.07) is 5.55. The molecule has 0 radical (unpaired) electrons. The van der Waals surface area contributed by atoms with Crippen molar-refractivity contribution in [3.8, 4) is 11.5 Å². The first-order valence-corrected chi connectivity index (χ1v) is 7.73. The number of carbonyl (C=O) groups excluding carboxylic acids is 1. The number of amides is 1. The molecule has 8 nitrogen and oxygen atoms in total. The molecule has 0 aromatic carbocycles. The monoisotopic (exact) mass is 324 g/mol. The number of carbonyl (C=O) groups is 1. The van der Waals surface area contributed by atoms with Crippen LogP contribution in [0.2, 0.25) is 0 Å². The zero-order chi connectivity index (χ0) is 16.5. The average Bonchev–Trinajstić information content (AvgIpc) is 3.35. The number of rotatable bonds is 3. The van der Waals surface area contributed by atoms with E-state index in [1.165, 1.54) is 0 Å². The molecule has 1 saturated heterocycles. The molecule has 122 valence electrons. The van der Waals surface area contributed by atoms with Crippen LogP contribution in [0, 0.1) is 0 Å².